The molecule has 0 unspecified atom stereocenters. The van der Waals surface area contributed by atoms with Crippen LogP contribution in [0.3, 0.4) is 0 Å². The monoisotopic (exact) mass is 185 g/mol. The maximum absolute atomic E-state index is 3.07. The number of aryl methyl sites for hydroxylation is 2. The zero-order valence-electron chi connectivity index (χ0n) is 5.15. The number of aromatic nitrogens is 1. The van der Waals surface area contributed by atoms with Crippen molar-refractivity contribution in [2.24, 2.45) is 0 Å². The minimum absolute atomic E-state index is 0. The topological polar surface area (TPSA) is 15.8 Å². The summed E-state index contributed by atoms with van der Waals surface area (Å²) in [4.78, 5) is 3.07. The number of hydrogen-bond donors (Lipinski definition) is 1. The van der Waals surface area contributed by atoms with Crippen LogP contribution in [-0.2, 0) is 26.2 Å². The summed E-state index contributed by atoms with van der Waals surface area (Å²) in [6.07, 6.45) is 1.95. The van der Waals surface area contributed by atoms with Gasteiger partial charge < -0.3 is 4.98 Å². The summed E-state index contributed by atoms with van der Waals surface area (Å²) in [6, 6.07) is 2.06. The van der Waals surface area contributed by atoms with Crippen molar-refractivity contribution in [2.45, 2.75) is 13.8 Å². The number of aromatic amines is 1. The van der Waals surface area contributed by atoms with E-state index in [0.717, 1.165) is 0 Å². The largest absolute Gasteiger partial charge is 0.365 e. The Balaban J connectivity index is 0.000000490. The summed E-state index contributed by atoms with van der Waals surface area (Å²) >= 11 is 0. The van der Waals surface area contributed by atoms with Crippen molar-refractivity contribution in [1.82, 2.24) is 4.98 Å². The molecule has 1 heterocycles. The van der Waals surface area contributed by atoms with Crippen LogP contribution in [0.4, 0.5) is 0 Å². The molecule has 1 rings (SSSR count). The first-order valence-electron chi connectivity index (χ1n) is 2.41. The Morgan fingerprint density at radius 2 is 2.00 bits per heavy atom. The van der Waals surface area contributed by atoms with Crippen molar-refractivity contribution < 1.29 is 26.2 Å². The van der Waals surface area contributed by atoms with Crippen molar-refractivity contribution in [3.05, 3.63) is 23.5 Å². The predicted molar refractivity (Wildman–Crippen MR) is 30.3 cm³/mol. The molecule has 0 bridgehead atoms. The van der Waals surface area contributed by atoms with Crippen LogP contribution in [0.1, 0.15) is 11.3 Å². The molecule has 0 spiro atoms. The van der Waals surface area contributed by atoms with Gasteiger partial charge in [0.2, 0.25) is 0 Å². The summed E-state index contributed by atoms with van der Waals surface area (Å²) in [5.41, 5.74) is 2.60. The van der Waals surface area contributed by atoms with Crippen LogP contribution in [0.5, 0.6) is 0 Å². The fourth-order valence-electron chi connectivity index (χ4n) is 0.531. The molecule has 0 aliphatic heterocycles. The Kier molecular flexibility index (Phi) is 3.31. The van der Waals surface area contributed by atoms with E-state index in [1.165, 1.54) is 11.3 Å². The molecule has 0 aliphatic carbocycles. The fourth-order valence-corrected chi connectivity index (χ4v) is 0.531. The molecule has 0 radical (unpaired) electrons. The van der Waals surface area contributed by atoms with Crippen LogP contribution in [0, 0.1) is 13.8 Å². The Labute approximate surface area is 68.6 Å². The van der Waals surface area contributed by atoms with Gasteiger partial charge in [0.15, 0.2) is 0 Å². The van der Waals surface area contributed by atoms with Crippen molar-refractivity contribution in [1.29, 1.82) is 0 Å². The average molecular weight is 186 g/mol. The Morgan fingerprint density at radius 1 is 1.38 bits per heavy atom. The molecule has 1 N–H and O–H groups in total. The van der Waals surface area contributed by atoms with Crippen molar-refractivity contribution in [2.75, 3.05) is 0 Å². The van der Waals surface area contributed by atoms with Gasteiger partial charge in [0.25, 0.3) is 0 Å². The average Bonchev–Trinajstić information content (AvgIpc) is 1.91. The number of H-pyrrole nitrogens is 1. The van der Waals surface area contributed by atoms with E-state index < -0.39 is 0 Å². The molecule has 0 amide bonds. The van der Waals surface area contributed by atoms with E-state index in [2.05, 4.69) is 24.9 Å². The van der Waals surface area contributed by atoms with Crippen molar-refractivity contribution >= 4 is 0 Å². The number of rotatable bonds is 0. The zero-order chi connectivity index (χ0) is 5.28. The van der Waals surface area contributed by atoms with E-state index in [0.29, 0.717) is 0 Å². The Morgan fingerprint density at radius 3 is 2.12 bits per heavy atom. The first kappa shape index (κ1) is 8.16. The van der Waals surface area contributed by atoms with Gasteiger partial charge in [-0.25, -0.2) is 0 Å². The van der Waals surface area contributed by atoms with Crippen molar-refractivity contribution in [3.63, 3.8) is 0 Å². The third kappa shape index (κ3) is 1.59. The summed E-state index contributed by atoms with van der Waals surface area (Å²) in [5.74, 6) is 0. The molecule has 0 aromatic carbocycles. The minimum Gasteiger partial charge on any atom is -0.365 e. The van der Waals surface area contributed by atoms with Crippen LogP contribution in [0.15, 0.2) is 12.3 Å². The summed E-state index contributed by atoms with van der Waals surface area (Å²) < 4.78 is 0. The molecule has 0 saturated heterocycles. The maximum Gasteiger partial charge on any atom is 0.0145 e. The summed E-state index contributed by atoms with van der Waals surface area (Å²) in [5, 5.41) is 0. The van der Waals surface area contributed by atoms with Crippen LogP contribution in [-0.4, -0.2) is 4.98 Å². The van der Waals surface area contributed by atoms with Gasteiger partial charge >= 0.3 is 0 Å². The molecule has 8 heavy (non-hydrogen) atoms. The summed E-state index contributed by atoms with van der Waals surface area (Å²) in [6.45, 7) is 4.15. The molecule has 0 atom stereocenters. The number of nitrogens with one attached hydrogen (secondary N) is 1. The van der Waals surface area contributed by atoms with Gasteiger partial charge in [-0.3, -0.25) is 0 Å². The molecule has 1 nitrogen and oxygen atoms in total. The first-order valence-corrected chi connectivity index (χ1v) is 2.41. The fraction of sp³-hybridized carbons (Fsp3) is 0.333. The van der Waals surface area contributed by atoms with Crippen LogP contribution >= 0.6 is 0 Å². The maximum atomic E-state index is 3.07. The van der Waals surface area contributed by atoms with E-state index in [1.807, 2.05) is 6.20 Å². The molecule has 0 saturated carbocycles. The van der Waals surface area contributed by atoms with Crippen LogP contribution in [0.25, 0.3) is 0 Å². The molecule has 2 heteroatoms. The molecular formula is C6H9NZr. The van der Waals surface area contributed by atoms with Gasteiger partial charge in [-0.1, -0.05) is 0 Å². The Bertz CT molecular complexity index is 141. The zero-order valence-corrected chi connectivity index (χ0v) is 7.61. The third-order valence-corrected chi connectivity index (χ3v) is 1.22. The van der Waals surface area contributed by atoms with E-state index in [9.17, 15) is 0 Å². The van der Waals surface area contributed by atoms with Crippen molar-refractivity contribution in [3.8, 4) is 0 Å². The van der Waals surface area contributed by atoms with Gasteiger partial charge in [-0.05, 0) is 25.5 Å². The van der Waals surface area contributed by atoms with Gasteiger partial charge in [0.05, 0.1) is 0 Å². The Hall–Kier alpha value is 0.163. The van der Waals surface area contributed by atoms with E-state index in [-0.39, 0.29) is 26.2 Å². The molecular weight excluding hydrogens is 177 g/mol. The van der Waals surface area contributed by atoms with Gasteiger partial charge in [0, 0.05) is 38.1 Å². The normalized spacial score (nSPS) is 8.25. The SMILES string of the molecule is Cc1cc[nH]c1C.[Zr]. The van der Waals surface area contributed by atoms with Gasteiger partial charge in [0.1, 0.15) is 0 Å². The molecule has 0 aliphatic rings. The molecule has 1 aromatic rings. The van der Waals surface area contributed by atoms with E-state index >= 15 is 0 Å². The second kappa shape index (κ2) is 3.24. The van der Waals surface area contributed by atoms with Crippen LogP contribution in [0.2, 0.25) is 0 Å². The standard InChI is InChI=1S/C6H9N.Zr/c1-5-3-4-7-6(5)2;/h3-4,7H,1-2H3;. The van der Waals surface area contributed by atoms with Gasteiger partial charge in [-0.15, -0.1) is 0 Å². The molecule has 42 valence electrons. The second-order valence-electron chi connectivity index (χ2n) is 1.79. The third-order valence-electron chi connectivity index (χ3n) is 1.22. The van der Waals surface area contributed by atoms with E-state index in [4.69, 9.17) is 0 Å². The van der Waals surface area contributed by atoms with E-state index in [1.54, 1.807) is 0 Å². The first-order chi connectivity index (χ1) is 3.30. The summed E-state index contributed by atoms with van der Waals surface area (Å²) in [7, 11) is 0. The second-order valence-corrected chi connectivity index (χ2v) is 1.79. The molecule has 1 aromatic heterocycles. The predicted octanol–water partition coefficient (Wildman–Crippen LogP) is 1.63. The number of hydrogen-bond acceptors (Lipinski definition) is 0. The molecule has 0 fully saturated rings. The van der Waals surface area contributed by atoms with Gasteiger partial charge in [-0.2, -0.15) is 0 Å². The smallest absolute Gasteiger partial charge is 0.0145 e. The van der Waals surface area contributed by atoms with Crippen LogP contribution < -0.4 is 0 Å². The minimum atomic E-state index is 0. The quantitative estimate of drug-likeness (QED) is 0.634.